The van der Waals surface area contributed by atoms with E-state index in [0.717, 1.165) is 73.6 Å². The van der Waals surface area contributed by atoms with Gasteiger partial charge >= 0.3 is 0 Å². The van der Waals surface area contributed by atoms with Crippen LogP contribution in [0.4, 0.5) is 17.1 Å². The van der Waals surface area contributed by atoms with Crippen LogP contribution in [-0.2, 0) is 5.41 Å². The van der Waals surface area contributed by atoms with Gasteiger partial charge in [0.15, 0.2) is 23.1 Å². The van der Waals surface area contributed by atoms with Gasteiger partial charge in [-0.3, -0.25) is 0 Å². The van der Waals surface area contributed by atoms with Crippen LogP contribution in [0.5, 0.6) is 0 Å². The number of hydrogen-bond acceptors (Lipinski definition) is 5. The number of furan rings is 1. The van der Waals surface area contributed by atoms with Crippen molar-refractivity contribution in [3.05, 3.63) is 222 Å². The van der Waals surface area contributed by atoms with Crippen LogP contribution in [0, 0.1) is 0 Å². The third-order valence-corrected chi connectivity index (χ3v) is 13.7. The van der Waals surface area contributed by atoms with E-state index in [1.807, 2.05) is 36.4 Å². The summed E-state index contributed by atoms with van der Waals surface area (Å²) in [6.07, 6.45) is 3.91. The topological polar surface area (TPSA) is 60.0 Å². The van der Waals surface area contributed by atoms with E-state index >= 15 is 0 Å². The summed E-state index contributed by atoms with van der Waals surface area (Å²) in [5.74, 6) is 1.92. The van der Waals surface area contributed by atoms with E-state index in [0.29, 0.717) is 17.5 Å². The highest BCUT2D eigenvalue weighted by Gasteiger charge is 2.38. The first-order chi connectivity index (χ1) is 32.5. The minimum Gasteiger partial charge on any atom is -0.453 e. The summed E-state index contributed by atoms with van der Waals surface area (Å²) in [6, 6.07) is 69.0. The standard InChI is InChI=1S/C60H43N5O/c1-60(2)48-31-13-15-33-51(48)64(42-26-16-25-41(35-42)38-19-6-3-7-20-38)54-36-47-43-27-12-14-32-50(43)65(53(47)37-49(54)60)52-34-18-29-45-44-28-17-30-46(55(44)66-56(45)52)59-62-57(39-21-8-4-9-22-39)61-58(63-59)40-23-10-5-11-24-40/h3-16,18-29,31-37H,17,30H2,1-2H3. The van der Waals surface area contributed by atoms with Crippen molar-refractivity contribution in [2.45, 2.75) is 32.1 Å². The van der Waals surface area contributed by atoms with E-state index < -0.39 is 0 Å². The van der Waals surface area contributed by atoms with E-state index in [-0.39, 0.29) is 5.41 Å². The molecule has 8 aromatic carbocycles. The second-order valence-electron chi connectivity index (χ2n) is 17.9. The Kier molecular flexibility index (Phi) is 8.59. The fourth-order valence-electron chi connectivity index (χ4n) is 10.5. The maximum atomic E-state index is 7.23. The summed E-state index contributed by atoms with van der Waals surface area (Å²) in [5.41, 5.74) is 15.9. The number of hydrogen-bond donors (Lipinski definition) is 0. The van der Waals surface area contributed by atoms with Crippen molar-refractivity contribution in [1.29, 1.82) is 0 Å². The first-order valence-electron chi connectivity index (χ1n) is 22.7. The molecule has 0 atom stereocenters. The molecule has 4 heterocycles. The SMILES string of the molecule is CC1(C)c2ccccc2N(c2cccc(-c3ccccc3)c2)c2cc3c4ccccc4n(-c4cccc5c6c(oc45)=C(c4nc(-c5ccccc5)nc(-c5ccccc5)n4)CCC=6)c3cc21. The molecule has 6 nitrogen and oxygen atoms in total. The molecule has 2 aliphatic rings. The zero-order chi connectivity index (χ0) is 43.9. The normalized spacial score (nSPS) is 14.0. The van der Waals surface area contributed by atoms with Crippen LogP contribution in [0.2, 0.25) is 0 Å². The highest BCUT2D eigenvalue weighted by Crippen LogP contribution is 2.54. The fraction of sp³-hybridized carbons (Fsp3) is 0.0833. The van der Waals surface area contributed by atoms with Gasteiger partial charge in [0.1, 0.15) is 5.42 Å². The average Bonchev–Trinajstić information content (AvgIpc) is 3.93. The Bertz CT molecular complexity index is 3790. The van der Waals surface area contributed by atoms with Gasteiger partial charge in [-0.15, -0.1) is 0 Å². The molecular weight excluding hydrogens is 807 g/mol. The van der Waals surface area contributed by atoms with E-state index in [1.165, 1.54) is 44.4 Å². The molecule has 1 aliphatic carbocycles. The molecule has 11 aromatic rings. The number of anilines is 3. The molecule has 0 N–H and O–H groups in total. The van der Waals surface area contributed by atoms with Gasteiger partial charge in [0.25, 0.3) is 0 Å². The Balaban J connectivity index is 1.04. The summed E-state index contributed by atoms with van der Waals surface area (Å²) in [5, 5.41) is 4.52. The number of aromatic nitrogens is 4. The molecule has 0 unspecified atom stereocenters. The largest absolute Gasteiger partial charge is 0.453 e. The molecule has 6 heteroatoms. The van der Waals surface area contributed by atoms with Crippen LogP contribution in [0.1, 0.15) is 43.6 Å². The van der Waals surface area contributed by atoms with Crippen LogP contribution in [0.25, 0.3) is 84.0 Å². The van der Waals surface area contributed by atoms with E-state index in [4.69, 9.17) is 19.4 Å². The Hall–Kier alpha value is -8.35. The van der Waals surface area contributed by atoms with Gasteiger partial charge in [-0.2, -0.15) is 0 Å². The molecule has 0 saturated carbocycles. The zero-order valence-corrected chi connectivity index (χ0v) is 36.6. The van der Waals surface area contributed by atoms with Crippen molar-refractivity contribution in [2.75, 3.05) is 4.90 Å². The second kappa shape index (κ2) is 14.9. The van der Waals surface area contributed by atoms with Crippen molar-refractivity contribution in [1.82, 2.24) is 19.5 Å². The lowest BCUT2D eigenvalue weighted by molar-refractivity contribution is 0.566. The van der Waals surface area contributed by atoms with Crippen LogP contribution in [0.3, 0.4) is 0 Å². The van der Waals surface area contributed by atoms with Crippen LogP contribution in [0.15, 0.2) is 199 Å². The molecule has 1 aliphatic heterocycles. The lowest BCUT2D eigenvalue weighted by Crippen LogP contribution is -2.30. The summed E-state index contributed by atoms with van der Waals surface area (Å²) in [7, 11) is 0. The number of fused-ring (bicyclic) bond motifs is 8. The van der Waals surface area contributed by atoms with Crippen molar-refractivity contribution >= 4 is 61.5 Å². The van der Waals surface area contributed by atoms with Gasteiger partial charge in [-0.05, 0) is 77.6 Å². The average molecular weight is 850 g/mol. The minimum absolute atomic E-state index is 0.300. The maximum Gasteiger partial charge on any atom is 0.164 e. The second-order valence-corrected chi connectivity index (χ2v) is 17.9. The zero-order valence-electron chi connectivity index (χ0n) is 36.6. The first-order valence-corrected chi connectivity index (χ1v) is 22.7. The third-order valence-electron chi connectivity index (χ3n) is 13.7. The summed E-state index contributed by atoms with van der Waals surface area (Å²) in [4.78, 5) is 17.8. The monoisotopic (exact) mass is 849 g/mol. The molecule has 3 aromatic heterocycles. The van der Waals surface area contributed by atoms with E-state index in [9.17, 15) is 0 Å². The maximum absolute atomic E-state index is 7.23. The molecule has 0 radical (unpaired) electrons. The molecule has 13 rings (SSSR count). The number of para-hydroxylation sites is 3. The van der Waals surface area contributed by atoms with E-state index in [2.05, 4.69) is 187 Å². The molecule has 314 valence electrons. The van der Waals surface area contributed by atoms with Crippen LogP contribution in [-0.4, -0.2) is 19.5 Å². The number of benzene rings is 8. The Labute approximate surface area is 382 Å². The van der Waals surface area contributed by atoms with Crippen molar-refractivity contribution in [2.24, 2.45) is 0 Å². The summed E-state index contributed by atoms with van der Waals surface area (Å²) < 4.78 is 9.65. The van der Waals surface area contributed by atoms with Gasteiger partial charge in [-0.1, -0.05) is 172 Å². The number of nitrogens with zero attached hydrogens (tertiary/aromatic N) is 5. The summed E-state index contributed by atoms with van der Waals surface area (Å²) in [6.45, 7) is 4.73. The van der Waals surface area contributed by atoms with Crippen LogP contribution < -0.4 is 15.5 Å². The van der Waals surface area contributed by atoms with E-state index in [1.54, 1.807) is 0 Å². The van der Waals surface area contributed by atoms with Crippen molar-refractivity contribution in [3.8, 4) is 39.6 Å². The quantitative estimate of drug-likeness (QED) is 0.167. The number of rotatable bonds is 6. The Morgan fingerprint density at radius 2 is 1.08 bits per heavy atom. The molecular formula is C60H43N5O. The highest BCUT2D eigenvalue weighted by molar-refractivity contribution is 6.12. The lowest BCUT2D eigenvalue weighted by atomic mass is 9.73. The molecule has 0 saturated heterocycles. The predicted molar refractivity (Wildman–Crippen MR) is 269 cm³/mol. The Morgan fingerprint density at radius 1 is 0.470 bits per heavy atom. The highest BCUT2D eigenvalue weighted by atomic mass is 16.3. The van der Waals surface area contributed by atoms with Gasteiger partial charge in [0, 0.05) is 49.2 Å². The van der Waals surface area contributed by atoms with Crippen molar-refractivity contribution in [3.63, 3.8) is 0 Å². The molecule has 0 amide bonds. The van der Waals surface area contributed by atoms with Gasteiger partial charge in [0.2, 0.25) is 0 Å². The smallest absolute Gasteiger partial charge is 0.164 e. The molecule has 0 fully saturated rings. The fourth-order valence-corrected chi connectivity index (χ4v) is 10.5. The Morgan fingerprint density at radius 3 is 1.83 bits per heavy atom. The van der Waals surface area contributed by atoms with Crippen LogP contribution >= 0.6 is 0 Å². The lowest BCUT2D eigenvalue weighted by Gasteiger charge is -2.42. The third kappa shape index (κ3) is 5.91. The first kappa shape index (κ1) is 38.1. The van der Waals surface area contributed by atoms with Gasteiger partial charge in [-0.25, -0.2) is 15.0 Å². The molecule has 0 bridgehead atoms. The van der Waals surface area contributed by atoms with Gasteiger partial charge in [0.05, 0.1) is 28.1 Å². The minimum atomic E-state index is -0.300. The van der Waals surface area contributed by atoms with Gasteiger partial charge < -0.3 is 13.9 Å². The summed E-state index contributed by atoms with van der Waals surface area (Å²) >= 11 is 0. The molecule has 0 spiro atoms. The predicted octanol–water partition coefficient (Wildman–Crippen LogP) is 13.6. The van der Waals surface area contributed by atoms with Crippen molar-refractivity contribution < 1.29 is 4.42 Å². The molecule has 66 heavy (non-hydrogen) atoms.